The number of phenols is 1. The number of ether oxygens (including phenoxy) is 2. The molecule has 0 aromatic heterocycles. The van der Waals surface area contributed by atoms with E-state index in [2.05, 4.69) is 70.6 Å². The van der Waals surface area contributed by atoms with Crippen LogP contribution in [0.2, 0.25) is 0 Å². The van der Waals surface area contributed by atoms with Gasteiger partial charge in [-0.15, -0.1) is 0 Å². The average molecular weight is 783 g/mol. The summed E-state index contributed by atoms with van der Waals surface area (Å²) in [7, 11) is 0. The second-order valence-electron chi connectivity index (χ2n) is 15.5. The molecule has 1 unspecified atom stereocenters. The molecule has 2 saturated heterocycles. The number of hydrogen-bond donors (Lipinski definition) is 2. The van der Waals surface area contributed by atoms with E-state index in [1.807, 2.05) is 24.3 Å². The highest BCUT2D eigenvalue weighted by Gasteiger charge is 2.44. The molecule has 0 spiro atoms. The molecule has 0 bridgehead atoms. The molecule has 3 fully saturated rings. The Morgan fingerprint density at radius 1 is 0.724 bits per heavy atom. The third-order valence-electron chi connectivity index (χ3n) is 11.9. The zero-order chi connectivity index (χ0) is 40.2. The number of anilines is 1. The Morgan fingerprint density at radius 3 is 2.05 bits per heavy atom. The quantitative estimate of drug-likeness (QED) is 0.119. The SMILES string of the molecule is CC/C(=C(\c1ccc(O)cc1)c1ccc(OC2CCC(OCCN3CCN(c4ccc5c(c4)C(=O)N(C4CCC(=O)NC4=O)C5=O)CC3)CC2)cc1)c1ccccc1. The van der Waals surface area contributed by atoms with Crippen molar-refractivity contribution < 1.29 is 33.8 Å². The second-order valence-corrected chi connectivity index (χ2v) is 15.5. The number of nitrogens with one attached hydrogen (secondary N) is 1. The molecule has 300 valence electrons. The summed E-state index contributed by atoms with van der Waals surface area (Å²) in [6, 6.07) is 30.6. The monoisotopic (exact) mass is 782 g/mol. The topological polar surface area (TPSA) is 129 Å². The molecule has 1 aliphatic carbocycles. The van der Waals surface area contributed by atoms with Crippen LogP contribution < -0.4 is 15.0 Å². The maximum absolute atomic E-state index is 13.3. The fourth-order valence-corrected chi connectivity index (χ4v) is 8.75. The van der Waals surface area contributed by atoms with Crippen molar-refractivity contribution in [2.75, 3.05) is 44.2 Å². The third-order valence-corrected chi connectivity index (χ3v) is 11.9. The predicted molar refractivity (Wildman–Crippen MR) is 222 cm³/mol. The van der Waals surface area contributed by atoms with Crippen molar-refractivity contribution in [3.05, 3.63) is 125 Å². The van der Waals surface area contributed by atoms with E-state index in [9.17, 15) is 24.3 Å². The minimum absolute atomic E-state index is 0.0945. The molecule has 11 nitrogen and oxygen atoms in total. The van der Waals surface area contributed by atoms with Crippen molar-refractivity contribution in [3.8, 4) is 11.5 Å². The molecule has 0 radical (unpaired) electrons. The van der Waals surface area contributed by atoms with Gasteiger partial charge in [-0.2, -0.15) is 0 Å². The summed E-state index contributed by atoms with van der Waals surface area (Å²) < 4.78 is 12.8. The molecule has 4 amide bonds. The lowest BCUT2D eigenvalue weighted by molar-refractivity contribution is -0.136. The lowest BCUT2D eigenvalue weighted by Crippen LogP contribution is -2.54. The number of imide groups is 2. The van der Waals surface area contributed by atoms with Gasteiger partial charge in [-0.3, -0.25) is 34.3 Å². The first-order valence-electron chi connectivity index (χ1n) is 20.6. The molecule has 3 aliphatic heterocycles. The summed E-state index contributed by atoms with van der Waals surface area (Å²) in [5.41, 5.74) is 7.22. The van der Waals surface area contributed by atoms with Crippen molar-refractivity contribution in [2.45, 2.75) is 70.1 Å². The zero-order valence-corrected chi connectivity index (χ0v) is 32.9. The summed E-state index contributed by atoms with van der Waals surface area (Å²) in [6.45, 7) is 6.96. The number of phenolic OH excluding ortho intramolecular Hbond substituents is 1. The van der Waals surface area contributed by atoms with Crippen LogP contribution in [0.1, 0.15) is 89.3 Å². The number of benzene rings is 4. The highest BCUT2D eigenvalue weighted by Crippen LogP contribution is 2.36. The molecule has 4 aromatic carbocycles. The van der Waals surface area contributed by atoms with Gasteiger partial charge in [-0.1, -0.05) is 61.5 Å². The predicted octanol–water partition coefficient (Wildman–Crippen LogP) is 6.69. The molecule has 4 aromatic rings. The number of allylic oxidation sites excluding steroid dienone is 1. The van der Waals surface area contributed by atoms with Crippen LogP contribution in [0.5, 0.6) is 11.5 Å². The number of fused-ring (bicyclic) bond motifs is 1. The molecular formula is C47H50N4O7. The van der Waals surface area contributed by atoms with Crippen LogP contribution in [0.3, 0.4) is 0 Å². The van der Waals surface area contributed by atoms with Crippen molar-refractivity contribution in [2.24, 2.45) is 0 Å². The lowest BCUT2D eigenvalue weighted by Gasteiger charge is -2.36. The van der Waals surface area contributed by atoms with E-state index in [1.165, 1.54) is 11.1 Å². The number of rotatable bonds is 12. The number of piperidine rings is 1. The van der Waals surface area contributed by atoms with Gasteiger partial charge in [0.25, 0.3) is 11.8 Å². The van der Waals surface area contributed by atoms with Crippen molar-refractivity contribution >= 4 is 40.5 Å². The van der Waals surface area contributed by atoms with Crippen LogP contribution in [0, 0.1) is 0 Å². The molecule has 4 aliphatic rings. The highest BCUT2D eigenvalue weighted by atomic mass is 16.5. The van der Waals surface area contributed by atoms with E-state index < -0.39 is 23.8 Å². The summed E-state index contributed by atoms with van der Waals surface area (Å²) in [4.78, 5) is 56.1. The van der Waals surface area contributed by atoms with Gasteiger partial charge >= 0.3 is 0 Å². The normalized spacial score (nSPS) is 21.8. The first-order valence-corrected chi connectivity index (χ1v) is 20.6. The van der Waals surface area contributed by atoms with Gasteiger partial charge in [0.05, 0.1) is 29.9 Å². The first-order chi connectivity index (χ1) is 28.2. The molecule has 1 saturated carbocycles. The molecule has 58 heavy (non-hydrogen) atoms. The molecule has 1 atom stereocenters. The molecule has 2 N–H and O–H groups in total. The van der Waals surface area contributed by atoms with E-state index in [4.69, 9.17) is 9.47 Å². The largest absolute Gasteiger partial charge is 0.508 e. The van der Waals surface area contributed by atoms with Crippen LogP contribution in [-0.4, -0.2) is 96.1 Å². The zero-order valence-electron chi connectivity index (χ0n) is 32.9. The lowest BCUT2D eigenvalue weighted by atomic mass is 9.88. The number of nitrogens with zero attached hydrogens (tertiary/aromatic N) is 3. The standard InChI is InChI=1S/C47H50N4O7/c1-2-39(31-6-4-3-5-7-31)44(32-8-13-35(52)14-9-32)33-10-15-37(16-11-33)58-38-19-17-36(18-20-38)57-29-28-49-24-26-50(27-25-49)34-12-21-40-41(30-34)47(56)51(46(40)55)42-22-23-43(53)48-45(42)54/h3-16,21,30,36,38,42,52H,2,17-20,22-29H2,1H3,(H,48,53,54)/b44-39-. The molecular weight excluding hydrogens is 733 g/mol. The maximum atomic E-state index is 13.3. The molecule has 8 rings (SSSR count). The fraction of sp³-hybridized carbons (Fsp3) is 0.362. The van der Waals surface area contributed by atoms with E-state index in [0.717, 1.165) is 97.9 Å². The summed E-state index contributed by atoms with van der Waals surface area (Å²) in [6.07, 6.45) is 5.27. The Balaban J connectivity index is 0.786. The Labute approximate surface area is 339 Å². The van der Waals surface area contributed by atoms with Gasteiger partial charge in [0.1, 0.15) is 17.5 Å². The minimum atomic E-state index is -0.970. The van der Waals surface area contributed by atoms with Gasteiger partial charge < -0.3 is 19.5 Å². The molecule has 11 heteroatoms. The summed E-state index contributed by atoms with van der Waals surface area (Å²) in [5.74, 6) is -0.855. The van der Waals surface area contributed by atoms with Gasteiger partial charge in [0, 0.05) is 44.8 Å². The first kappa shape index (κ1) is 39.1. The van der Waals surface area contributed by atoms with Crippen LogP contribution in [0.4, 0.5) is 5.69 Å². The van der Waals surface area contributed by atoms with Gasteiger partial charge in [-0.05, 0) is 109 Å². The number of piperazine rings is 1. The maximum Gasteiger partial charge on any atom is 0.262 e. The van der Waals surface area contributed by atoms with Crippen LogP contribution >= 0.6 is 0 Å². The van der Waals surface area contributed by atoms with E-state index in [1.54, 1.807) is 24.3 Å². The Morgan fingerprint density at radius 2 is 1.38 bits per heavy atom. The summed E-state index contributed by atoms with van der Waals surface area (Å²) in [5, 5.41) is 12.2. The fourth-order valence-electron chi connectivity index (χ4n) is 8.75. The number of aromatic hydroxyl groups is 1. The van der Waals surface area contributed by atoms with E-state index in [0.29, 0.717) is 17.7 Å². The number of carbonyl (C=O) groups is 4. The van der Waals surface area contributed by atoms with Crippen LogP contribution in [0.25, 0.3) is 11.1 Å². The van der Waals surface area contributed by atoms with Crippen molar-refractivity contribution in [3.63, 3.8) is 0 Å². The Hall–Kier alpha value is -5.78. The minimum Gasteiger partial charge on any atom is -0.508 e. The number of hydrogen-bond acceptors (Lipinski definition) is 9. The smallest absolute Gasteiger partial charge is 0.262 e. The van der Waals surface area contributed by atoms with E-state index >= 15 is 0 Å². The van der Waals surface area contributed by atoms with Gasteiger partial charge in [0.2, 0.25) is 11.8 Å². The van der Waals surface area contributed by atoms with Crippen molar-refractivity contribution in [1.29, 1.82) is 0 Å². The average Bonchev–Trinajstić information content (AvgIpc) is 3.49. The van der Waals surface area contributed by atoms with E-state index in [-0.39, 0.29) is 36.7 Å². The van der Waals surface area contributed by atoms with Crippen molar-refractivity contribution in [1.82, 2.24) is 15.1 Å². The van der Waals surface area contributed by atoms with Gasteiger partial charge in [-0.25, -0.2) is 0 Å². The number of amides is 4. The summed E-state index contributed by atoms with van der Waals surface area (Å²) >= 11 is 0. The third kappa shape index (κ3) is 8.42. The number of carbonyl (C=O) groups excluding carboxylic acids is 4. The second kappa shape index (κ2) is 17.4. The van der Waals surface area contributed by atoms with Gasteiger partial charge in [0.15, 0.2) is 0 Å². The Bertz CT molecular complexity index is 2170. The molecule has 3 heterocycles. The van der Waals surface area contributed by atoms with Crippen LogP contribution in [-0.2, 0) is 14.3 Å². The van der Waals surface area contributed by atoms with Crippen LogP contribution in [0.15, 0.2) is 97.1 Å². The Kier molecular flexibility index (Phi) is 11.7. The highest BCUT2D eigenvalue weighted by molar-refractivity contribution is 6.23.